The lowest BCUT2D eigenvalue weighted by Gasteiger charge is -2.23. The van der Waals surface area contributed by atoms with Gasteiger partial charge < -0.3 is 28.4 Å². The third kappa shape index (κ3) is 3.58. The first-order valence-corrected chi connectivity index (χ1v) is 6.49. The van der Waals surface area contributed by atoms with E-state index < -0.39 is 0 Å². The van der Waals surface area contributed by atoms with Gasteiger partial charge in [0, 0.05) is 32.5 Å². The molecule has 0 heterocycles. The van der Waals surface area contributed by atoms with Gasteiger partial charge in [0.2, 0.25) is 5.75 Å². The smallest absolute Gasteiger partial charge is 0.204 e. The molecule has 0 radical (unpaired) electrons. The van der Waals surface area contributed by atoms with E-state index in [4.69, 9.17) is 28.4 Å². The Balaban J connectivity index is 3.68. The van der Waals surface area contributed by atoms with E-state index in [2.05, 4.69) is 0 Å². The van der Waals surface area contributed by atoms with Crippen LogP contribution in [0.3, 0.4) is 0 Å². The number of hydrogen-bond acceptors (Lipinski definition) is 6. The first kappa shape index (κ1) is 17.6. The normalized spacial score (nSPS) is 10.6. The van der Waals surface area contributed by atoms with Crippen molar-refractivity contribution in [2.45, 2.75) is 19.8 Å². The Hall–Kier alpha value is -1.50. The highest BCUT2D eigenvalue weighted by Crippen LogP contribution is 2.46. The van der Waals surface area contributed by atoms with Gasteiger partial charge in [0.1, 0.15) is 0 Å². The average Bonchev–Trinajstić information content (AvgIpc) is 2.50. The number of methoxy groups -OCH3 is 6. The molecule has 6 heteroatoms. The van der Waals surface area contributed by atoms with Crippen LogP contribution in [0.15, 0.2) is 0 Å². The maximum absolute atomic E-state index is 5.50. The summed E-state index contributed by atoms with van der Waals surface area (Å²) in [4.78, 5) is 0. The summed E-state index contributed by atoms with van der Waals surface area (Å²) < 4.78 is 32.4. The Morgan fingerprint density at radius 3 is 1.10 bits per heavy atom. The fraction of sp³-hybridized carbons (Fsp3) is 0.600. The van der Waals surface area contributed by atoms with Gasteiger partial charge in [-0.05, 0) is 5.56 Å². The minimum absolute atomic E-state index is 0.374. The van der Waals surface area contributed by atoms with Gasteiger partial charge in [-0.15, -0.1) is 0 Å². The topological polar surface area (TPSA) is 55.4 Å². The number of benzene rings is 1. The van der Waals surface area contributed by atoms with Crippen LogP contribution in [-0.4, -0.2) is 42.7 Å². The quantitative estimate of drug-likeness (QED) is 0.696. The number of ether oxygens (including phenoxy) is 6. The summed E-state index contributed by atoms with van der Waals surface area (Å²) >= 11 is 0. The average molecular weight is 300 g/mol. The highest BCUT2D eigenvalue weighted by molar-refractivity contribution is 5.63. The van der Waals surface area contributed by atoms with Crippen molar-refractivity contribution < 1.29 is 28.4 Å². The summed E-state index contributed by atoms with van der Waals surface area (Å²) in [6.45, 7) is 1.14. The van der Waals surface area contributed by atoms with Crippen LogP contribution in [-0.2, 0) is 34.0 Å². The van der Waals surface area contributed by atoms with Gasteiger partial charge in [-0.1, -0.05) is 0 Å². The Labute approximate surface area is 125 Å². The maximum atomic E-state index is 5.50. The summed E-state index contributed by atoms with van der Waals surface area (Å²) in [6.07, 6.45) is 0. The van der Waals surface area contributed by atoms with Crippen LogP contribution < -0.4 is 14.2 Å². The minimum Gasteiger partial charge on any atom is -0.492 e. The van der Waals surface area contributed by atoms with E-state index in [1.807, 2.05) is 0 Å². The van der Waals surface area contributed by atoms with Crippen LogP contribution in [0.1, 0.15) is 16.7 Å². The predicted molar refractivity (Wildman–Crippen MR) is 78.2 cm³/mol. The Morgan fingerprint density at radius 2 is 0.810 bits per heavy atom. The van der Waals surface area contributed by atoms with E-state index in [1.54, 1.807) is 42.7 Å². The molecule has 0 bridgehead atoms. The molecule has 0 aliphatic carbocycles. The van der Waals surface area contributed by atoms with Crippen molar-refractivity contribution in [1.82, 2.24) is 0 Å². The lowest BCUT2D eigenvalue weighted by atomic mass is 9.98. The summed E-state index contributed by atoms with van der Waals surface area (Å²) in [5.74, 6) is 1.70. The van der Waals surface area contributed by atoms with Gasteiger partial charge in [0.25, 0.3) is 0 Å². The van der Waals surface area contributed by atoms with Gasteiger partial charge in [0.05, 0.1) is 41.2 Å². The minimum atomic E-state index is 0.374. The maximum Gasteiger partial charge on any atom is 0.204 e. The zero-order chi connectivity index (χ0) is 15.8. The fourth-order valence-corrected chi connectivity index (χ4v) is 2.36. The summed E-state index contributed by atoms with van der Waals surface area (Å²) in [5, 5.41) is 0. The van der Waals surface area contributed by atoms with Crippen LogP contribution in [0, 0.1) is 0 Å². The third-order valence-corrected chi connectivity index (χ3v) is 3.17. The van der Waals surface area contributed by atoms with Crippen LogP contribution >= 0.6 is 0 Å². The lowest BCUT2D eigenvalue weighted by molar-refractivity contribution is 0.153. The molecular weight excluding hydrogens is 276 g/mol. The van der Waals surface area contributed by atoms with Crippen molar-refractivity contribution >= 4 is 0 Å². The first-order chi connectivity index (χ1) is 10.2. The van der Waals surface area contributed by atoms with Gasteiger partial charge in [-0.25, -0.2) is 0 Å². The van der Waals surface area contributed by atoms with Crippen LogP contribution in [0.2, 0.25) is 0 Å². The summed E-state index contributed by atoms with van der Waals surface area (Å²) in [7, 11) is 9.64. The Kier molecular flexibility index (Phi) is 7.28. The van der Waals surface area contributed by atoms with E-state index in [1.165, 1.54) is 0 Å². The van der Waals surface area contributed by atoms with Crippen molar-refractivity contribution in [2.24, 2.45) is 0 Å². The van der Waals surface area contributed by atoms with E-state index in [0.29, 0.717) is 37.1 Å². The zero-order valence-corrected chi connectivity index (χ0v) is 13.6. The number of hydrogen-bond donors (Lipinski definition) is 0. The molecule has 1 aromatic carbocycles. The first-order valence-electron chi connectivity index (χ1n) is 6.49. The third-order valence-electron chi connectivity index (χ3n) is 3.17. The molecule has 0 atom stereocenters. The second-order valence-corrected chi connectivity index (χ2v) is 4.33. The molecule has 6 nitrogen and oxygen atoms in total. The van der Waals surface area contributed by atoms with E-state index in [9.17, 15) is 0 Å². The van der Waals surface area contributed by atoms with Crippen molar-refractivity contribution in [3.8, 4) is 17.2 Å². The summed E-state index contributed by atoms with van der Waals surface area (Å²) in [5.41, 5.74) is 2.66. The van der Waals surface area contributed by atoms with Crippen molar-refractivity contribution in [1.29, 1.82) is 0 Å². The number of rotatable bonds is 9. The highest BCUT2D eigenvalue weighted by atomic mass is 16.5. The largest absolute Gasteiger partial charge is 0.492 e. The Morgan fingerprint density at radius 1 is 0.476 bits per heavy atom. The molecule has 21 heavy (non-hydrogen) atoms. The van der Waals surface area contributed by atoms with Gasteiger partial charge >= 0.3 is 0 Å². The monoisotopic (exact) mass is 300 g/mol. The van der Waals surface area contributed by atoms with Gasteiger partial charge in [0.15, 0.2) is 11.5 Å². The molecular formula is C15H24O6. The zero-order valence-electron chi connectivity index (χ0n) is 13.6. The molecule has 120 valence electrons. The van der Waals surface area contributed by atoms with Crippen molar-refractivity contribution in [3.63, 3.8) is 0 Å². The molecule has 0 aliphatic heterocycles. The molecule has 1 aromatic rings. The standard InChI is InChI=1S/C15H24O6/c1-16-7-10-11(8-17-2)13(19-4)15(21-6)14(20-5)12(10)9-18-3/h7-9H2,1-6H3. The van der Waals surface area contributed by atoms with Crippen LogP contribution in [0.5, 0.6) is 17.2 Å². The van der Waals surface area contributed by atoms with E-state index in [0.717, 1.165) is 16.7 Å². The molecule has 0 N–H and O–H groups in total. The SMILES string of the molecule is COCc1c(COC)c(OC)c(OC)c(OC)c1COC. The Bertz CT molecular complexity index is 423. The molecule has 0 amide bonds. The molecule has 0 unspecified atom stereocenters. The van der Waals surface area contributed by atoms with E-state index in [-0.39, 0.29) is 0 Å². The van der Waals surface area contributed by atoms with Crippen LogP contribution in [0.4, 0.5) is 0 Å². The molecule has 0 aromatic heterocycles. The summed E-state index contributed by atoms with van der Waals surface area (Å²) in [6, 6.07) is 0. The second kappa shape index (κ2) is 8.71. The predicted octanol–water partition coefficient (Wildman–Crippen LogP) is 2.15. The molecule has 0 saturated heterocycles. The second-order valence-electron chi connectivity index (χ2n) is 4.33. The van der Waals surface area contributed by atoms with Gasteiger partial charge in [-0.3, -0.25) is 0 Å². The molecule has 0 spiro atoms. The molecule has 0 aliphatic rings. The van der Waals surface area contributed by atoms with Crippen LogP contribution in [0.25, 0.3) is 0 Å². The molecule has 0 fully saturated rings. The van der Waals surface area contributed by atoms with Crippen molar-refractivity contribution in [2.75, 3.05) is 42.7 Å². The highest BCUT2D eigenvalue weighted by Gasteiger charge is 2.26. The lowest BCUT2D eigenvalue weighted by Crippen LogP contribution is -2.10. The molecule has 0 saturated carbocycles. The van der Waals surface area contributed by atoms with Gasteiger partial charge in [-0.2, -0.15) is 0 Å². The molecule has 1 rings (SSSR count). The van der Waals surface area contributed by atoms with Crippen molar-refractivity contribution in [3.05, 3.63) is 16.7 Å². The van der Waals surface area contributed by atoms with E-state index >= 15 is 0 Å². The fourth-order valence-electron chi connectivity index (χ4n) is 2.36.